The number of thiocarbonyl (C=S) groups is 1. The van der Waals surface area contributed by atoms with Crippen molar-refractivity contribution in [2.75, 3.05) is 4.90 Å². The molecular weight excluding hydrogens is 628 g/mol. The second kappa shape index (κ2) is 11.6. The summed E-state index contributed by atoms with van der Waals surface area (Å²) in [7, 11) is 0. The van der Waals surface area contributed by atoms with Crippen LogP contribution < -0.4 is 10.2 Å². The molecule has 5 aromatic rings. The Morgan fingerprint density at radius 3 is 2.07 bits per heavy atom. The highest BCUT2D eigenvalue weighted by atomic mass is 79.9. The molecule has 10 heteroatoms. The van der Waals surface area contributed by atoms with Gasteiger partial charge in [-0.15, -0.1) is 0 Å². The molecule has 1 aromatic heterocycles. The van der Waals surface area contributed by atoms with Gasteiger partial charge in [-0.3, -0.25) is 29.9 Å². The normalized spacial score (nSPS) is 14.2. The summed E-state index contributed by atoms with van der Waals surface area (Å²) in [5.74, 6) is -1.17. The lowest BCUT2D eigenvalue weighted by Gasteiger charge is -2.29. The van der Waals surface area contributed by atoms with Gasteiger partial charge in [0.1, 0.15) is 5.57 Å². The number of nitro groups is 1. The van der Waals surface area contributed by atoms with Crippen molar-refractivity contribution in [2.45, 2.75) is 0 Å². The van der Waals surface area contributed by atoms with Gasteiger partial charge >= 0.3 is 0 Å². The van der Waals surface area contributed by atoms with Crippen LogP contribution in [-0.4, -0.2) is 26.4 Å². The fraction of sp³-hybridized carbons (Fsp3) is 0. The van der Waals surface area contributed by atoms with Crippen molar-refractivity contribution in [2.24, 2.45) is 0 Å². The predicted molar refractivity (Wildman–Crippen MR) is 174 cm³/mol. The van der Waals surface area contributed by atoms with Crippen LogP contribution in [0.2, 0.25) is 0 Å². The topological polar surface area (TPSA) is 97.5 Å². The molecule has 6 rings (SSSR count). The number of nitrogens with zero attached hydrogens (tertiary/aromatic N) is 3. The first kappa shape index (κ1) is 28.0. The Morgan fingerprint density at radius 2 is 1.44 bits per heavy atom. The average Bonchev–Trinajstić information content (AvgIpc) is 3.39. The van der Waals surface area contributed by atoms with Crippen LogP contribution in [-0.2, 0) is 9.59 Å². The van der Waals surface area contributed by atoms with Gasteiger partial charge in [0.2, 0.25) is 0 Å². The van der Waals surface area contributed by atoms with Crippen molar-refractivity contribution in [1.82, 2.24) is 9.88 Å². The lowest BCUT2D eigenvalue weighted by Crippen LogP contribution is -2.54. The molecule has 1 saturated heterocycles. The maximum absolute atomic E-state index is 13.9. The van der Waals surface area contributed by atoms with Crippen LogP contribution in [0, 0.1) is 10.1 Å². The standard InChI is InChI=1S/C33H21BrN4O4S/c34-24-12-7-13-27(20-24)37-32(40)28(31(39)35-33(37)43)18-23-19-29(21-8-3-1-4-9-21)36(30(23)22-10-5-2-6-11-22)25-14-16-26(17-15-25)38(41)42/h1-20H,(H,35,39,43)/b28-18-. The summed E-state index contributed by atoms with van der Waals surface area (Å²) in [6.45, 7) is 0. The highest BCUT2D eigenvalue weighted by Crippen LogP contribution is 2.38. The zero-order valence-corrected chi connectivity index (χ0v) is 24.7. The van der Waals surface area contributed by atoms with Crippen LogP contribution in [0.3, 0.4) is 0 Å². The average molecular weight is 650 g/mol. The number of aromatic nitrogens is 1. The highest BCUT2D eigenvalue weighted by Gasteiger charge is 2.35. The molecule has 1 N–H and O–H groups in total. The molecule has 4 aromatic carbocycles. The van der Waals surface area contributed by atoms with Crippen molar-refractivity contribution in [3.8, 4) is 28.2 Å². The van der Waals surface area contributed by atoms with Gasteiger partial charge in [0.15, 0.2) is 5.11 Å². The Hall–Kier alpha value is -5.19. The second-order valence-electron chi connectivity index (χ2n) is 9.61. The number of hydrogen-bond acceptors (Lipinski definition) is 5. The van der Waals surface area contributed by atoms with Crippen LogP contribution in [0.4, 0.5) is 11.4 Å². The number of nitrogens with one attached hydrogen (secondary N) is 1. The van der Waals surface area contributed by atoms with Crippen molar-refractivity contribution >= 4 is 62.5 Å². The first-order chi connectivity index (χ1) is 20.8. The van der Waals surface area contributed by atoms with E-state index in [1.165, 1.54) is 17.0 Å². The summed E-state index contributed by atoms with van der Waals surface area (Å²) >= 11 is 8.82. The van der Waals surface area contributed by atoms with Crippen molar-refractivity contribution in [1.29, 1.82) is 0 Å². The number of halogens is 1. The molecule has 8 nitrogen and oxygen atoms in total. The molecule has 2 heterocycles. The van der Waals surface area contributed by atoms with Gasteiger partial charge in [0, 0.05) is 27.9 Å². The minimum Gasteiger partial charge on any atom is -0.309 e. The summed E-state index contributed by atoms with van der Waals surface area (Å²) in [5.41, 5.74) is 4.81. The van der Waals surface area contributed by atoms with Crippen LogP contribution in [0.5, 0.6) is 0 Å². The Bertz CT molecular complexity index is 1940. The number of nitro benzene ring substituents is 1. The summed E-state index contributed by atoms with van der Waals surface area (Å²) < 4.78 is 2.73. The van der Waals surface area contributed by atoms with E-state index in [0.717, 1.165) is 21.3 Å². The zero-order valence-electron chi connectivity index (χ0n) is 22.3. The molecule has 210 valence electrons. The third kappa shape index (κ3) is 5.41. The molecule has 1 aliphatic rings. The molecule has 0 spiro atoms. The minimum atomic E-state index is -0.607. The van der Waals surface area contributed by atoms with Gasteiger partial charge in [0.05, 0.1) is 22.0 Å². The van der Waals surface area contributed by atoms with E-state index in [1.54, 1.807) is 36.4 Å². The molecule has 43 heavy (non-hydrogen) atoms. The SMILES string of the molecule is O=C1NC(=S)N(c2cccc(Br)c2)C(=O)/C1=C\c1cc(-c2ccccc2)n(-c2ccc([N+](=O)[O-])cc2)c1-c1ccccc1. The lowest BCUT2D eigenvalue weighted by molar-refractivity contribution is -0.384. The van der Waals surface area contributed by atoms with Gasteiger partial charge < -0.3 is 4.57 Å². The van der Waals surface area contributed by atoms with E-state index in [4.69, 9.17) is 12.2 Å². The Kier molecular flexibility index (Phi) is 7.54. The lowest BCUT2D eigenvalue weighted by atomic mass is 10.0. The third-order valence-corrected chi connectivity index (χ3v) is 7.71. The predicted octanol–water partition coefficient (Wildman–Crippen LogP) is 7.31. The second-order valence-corrected chi connectivity index (χ2v) is 10.9. The number of carbonyl (C=O) groups is 2. The van der Waals surface area contributed by atoms with E-state index >= 15 is 0 Å². The fourth-order valence-electron chi connectivity index (χ4n) is 5.01. The fourth-order valence-corrected chi connectivity index (χ4v) is 5.68. The van der Waals surface area contributed by atoms with E-state index in [2.05, 4.69) is 21.2 Å². The van der Waals surface area contributed by atoms with Gasteiger partial charge in [-0.1, -0.05) is 82.7 Å². The van der Waals surface area contributed by atoms with E-state index in [-0.39, 0.29) is 16.4 Å². The number of anilines is 1. The maximum atomic E-state index is 13.9. The quantitative estimate of drug-likeness (QED) is 0.0684. The van der Waals surface area contributed by atoms with Crippen LogP contribution >= 0.6 is 28.1 Å². The molecule has 2 amide bonds. The van der Waals surface area contributed by atoms with Gasteiger partial charge in [-0.2, -0.15) is 0 Å². The van der Waals surface area contributed by atoms with Crippen molar-refractivity contribution in [3.05, 3.63) is 141 Å². The Labute approximate surface area is 260 Å². The summed E-state index contributed by atoms with van der Waals surface area (Å²) in [4.78, 5) is 39.4. The number of benzene rings is 4. The molecule has 0 aliphatic carbocycles. The van der Waals surface area contributed by atoms with Gasteiger partial charge in [-0.25, -0.2) is 0 Å². The maximum Gasteiger partial charge on any atom is 0.270 e. The third-order valence-electron chi connectivity index (χ3n) is 6.93. The first-order valence-electron chi connectivity index (χ1n) is 13.1. The Morgan fingerprint density at radius 1 is 0.791 bits per heavy atom. The highest BCUT2D eigenvalue weighted by molar-refractivity contribution is 9.10. The summed E-state index contributed by atoms with van der Waals surface area (Å²) in [5, 5.41) is 14.0. The molecule has 1 fully saturated rings. The smallest absolute Gasteiger partial charge is 0.270 e. The zero-order chi connectivity index (χ0) is 30.1. The van der Waals surface area contributed by atoms with Crippen LogP contribution in [0.25, 0.3) is 34.3 Å². The number of hydrogen-bond donors (Lipinski definition) is 1. The van der Waals surface area contributed by atoms with E-state index in [9.17, 15) is 19.7 Å². The monoisotopic (exact) mass is 648 g/mol. The van der Waals surface area contributed by atoms with E-state index in [0.29, 0.717) is 22.6 Å². The molecule has 0 unspecified atom stereocenters. The molecule has 0 saturated carbocycles. The van der Waals surface area contributed by atoms with Crippen molar-refractivity contribution in [3.63, 3.8) is 0 Å². The molecule has 0 bridgehead atoms. The molecule has 0 atom stereocenters. The number of amides is 2. The number of rotatable bonds is 6. The van der Waals surface area contributed by atoms with Gasteiger partial charge in [-0.05, 0) is 65.8 Å². The summed E-state index contributed by atoms with van der Waals surface area (Å²) in [6, 6.07) is 34.4. The van der Waals surface area contributed by atoms with Crippen LogP contribution in [0.15, 0.2) is 125 Å². The van der Waals surface area contributed by atoms with E-state index < -0.39 is 16.7 Å². The van der Waals surface area contributed by atoms with Gasteiger partial charge in [0.25, 0.3) is 17.5 Å². The summed E-state index contributed by atoms with van der Waals surface area (Å²) in [6.07, 6.45) is 1.57. The molecular formula is C33H21BrN4O4S. The number of non-ortho nitro benzene ring substituents is 1. The van der Waals surface area contributed by atoms with Crippen molar-refractivity contribution < 1.29 is 14.5 Å². The Balaban J connectivity index is 1.60. The van der Waals surface area contributed by atoms with Crippen LogP contribution in [0.1, 0.15) is 5.56 Å². The minimum absolute atomic E-state index is 0.0121. The number of carbonyl (C=O) groups excluding carboxylic acids is 2. The molecule has 1 aliphatic heterocycles. The largest absolute Gasteiger partial charge is 0.309 e. The first-order valence-corrected chi connectivity index (χ1v) is 14.3. The molecule has 0 radical (unpaired) electrons. The van der Waals surface area contributed by atoms with E-state index in [1.807, 2.05) is 77.4 Å².